The molecule has 0 aliphatic carbocycles. The molecule has 0 unspecified atom stereocenters. The van der Waals surface area contributed by atoms with Gasteiger partial charge in [0.2, 0.25) is 0 Å². The van der Waals surface area contributed by atoms with Crippen molar-refractivity contribution in [3.8, 4) is 22.9 Å². The van der Waals surface area contributed by atoms with Gasteiger partial charge in [-0.05, 0) is 55.3 Å². The molecule has 6 nitrogen and oxygen atoms in total. The van der Waals surface area contributed by atoms with Gasteiger partial charge in [-0.3, -0.25) is 9.97 Å². The second-order valence-corrected chi connectivity index (χ2v) is 7.75. The number of benzene rings is 2. The van der Waals surface area contributed by atoms with Crippen LogP contribution in [0.5, 0.6) is 0 Å². The molecule has 0 bridgehead atoms. The highest BCUT2D eigenvalue weighted by Crippen LogP contribution is 2.30. The van der Waals surface area contributed by atoms with Gasteiger partial charge in [0, 0.05) is 23.3 Å². The number of nitrogens with zero attached hydrogens (tertiary/aromatic N) is 6. The minimum atomic E-state index is -0.543. The quantitative estimate of drug-likeness (QED) is 0.441. The van der Waals surface area contributed by atoms with Crippen molar-refractivity contribution in [2.45, 2.75) is 19.3 Å². The number of nitriles is 1. The number of hydrogen-bond donors (Lipinski definition) is 0. The van der Waals surface area contributed by atoms with Crippen LogP contribution in [0.2, 0.25) is 0 Å². The molecule has 3 aromatic heterocycles. The van der Waals surface area contributed by atoms with Crippen molar-refractivity contribution >= 4 is 21.9 Å². The van der Waals surface area contributed by atoms with Gasteiger partial charge in [0.25, 0.3) is 0 Å². The third-order valence-electron chi connectivity index (χ3n) is 5.38. The first kappa shape index (κ1) is 18.0. The Bertz CT molecular complexity index is 1410. The zero-order valence-corrected chi connectivity index (χ0v) is 16.6. The molecule has 144 valence electrons. The lowest BCUT2D eigenvalue weighted by Crippen LogP contribution is -2.13. The third-order valence-corrected chi connectivity index (χ3v) is 5.38. The Labute approximate surface area is 173 Å². The molecule has 6 heteroatoms. The lowest BCUT2D eigenvalue weighted by atomic mass is 9.86. The van der Waals surface area contributed by atoms with Crippen LogP contribution in [0.1, 0.15) is 19.4 Å². The van der Waals surface area contributed by atoms with Crippen molar-refractivity contribution < 1.29 is 0 Å². The lowest BCUT2D eigenvalue weighted by molar-refractivity contribution is 0.686. The highest BCUT2D eigenvalue weighted by molar-refractivity contribution is 6.04. The topological polar surface area (TPSA) is 80.3 Å². The highest BCUT2D eigenvalue weighted by atomic mass is 15.4. The molecule has 0 fully saturated rings. The second kappa shape index (κ2) is 6.75. The van der Waals surface area contributed by atoms with E-state index in [1.54, 1.807) is 12.4 Å². The van der Waals surface area contributed by atoms with Gasteiger partial charge in [-0.1, -0.05) is 29.5 Å². The van der Waals surface area contributed by atoms with E-state index in [0.29, 0.717) is 0 Å². The van der Waals surface area contributed by atoms with E-state index < -0.39 is 5.41 Å². The van der Waals surface area contributed by atoms with Gasteiger partial charge < -0.3 is 0 Å². The average molecular weight is 390 g/mol. The van der Waals surface area contributed by atoms with Crippen LogP contribution in [0.25, 0.3) is 38.8 Å². The van der Waals surface area contributed by atoms with E-state index in [4.69, 9.17) is 0 Å². The van der Waals surface area contributed by atoms with Crippen molar-refractivity contribution in [2.75, 3.05) is 0 Å². The molecule has 0 aliphatic rings. The predicted octanol–water partition coefficient (Wildman–Crippen LogP) is 4.83. The summed E-state index contributed by atoms with van der Waals surface area (Å²) in [7, 11) is 0. The Hall–Kier alpha value is -4.11. The molecule has 0 radical (unpaired) electrons. The molecule has 0 atom stereocenters. The minimum absolute atomic E-state index is 0.543. The fourth-order valence-corrected chi connectivity index (χ4v) is 3.58. The van der Waals surface area contributed by atoms with Crippen molar-refractivity contribution in [3.05, 3.63) is 78.8 Å². The van der Waals surface area contributed by atoms with Crippen LogP contribution in [-0.2, 0) is 5.41 Å². The van der Waals surface area contributed by atoms with Crippen LogP contribution in [0.15, 0.2) is 73.2 Å². The van der Waals surface area contributed by atoms with Crippen LogP contribution < -0.4 is 0 Å². The van der Waals surface area contributed by atoms with E-state index >= 15 is 0 Å². The first-order valence-electron chi connectivity index (χ1n) is 9.63. The van der Waals surface area contributed by atoms with E-state index in [-0.39, 0.29) is 0 Å². The molecule has 0 saturated carbocycles. The van der Waals surface area contributed by atoms with E-state index in [1.807, 2.05) is 73.3 Å². The van der Waals surface area contributed by atoms with Crippen LogP contribution in [0.3, 0.4) is 0 Å². The molecule has 0 amide bonds. The smallest absolute Gasteiger partial charge is 0.132 e. The van der Waals surface area contributed by atoms with Gasteiger partial charge >= 0.3 is 0 Å². The molecule has 3 heterocycles. The third kappa shape index (κ3) is 2.88. The summed E-state index contributed by atoms with van der Waals surface area (Å²) in [5, 5.41) is 19.1. The molecule has 0 saturated heterocycles. The molecule has 5 aromatic rings. The van der Waals surface area contributed by atoms with Gasteiger partial charge in [-0.2, -0.15) is 5.26 Å². The summed E-state index contributed by atoms with van der Waals surface area (Å²) in [6.07, 6.45) is 5.36. The van der Waals surface area contributed by atoms with Crippen LogP contribution >= 0.6 is 0 Å². The Morgan fingerprint density at radius 2 is 1.77 bits per heavy atom. The maximum absolute atomic E-state index is 9.39. The predicted molar refractivity (Wildman–Crippen MR) is 116 cm³/mol. The van der Waals surface area contributed by atoms with Gasteiger partial charge in [0.15, 0.2) is 0 Å². The zero-order chi connectivity index (χ0) is 20.7. The maximum atomic E-state index is 9.39. The number of fused-ring (bicyclic) bond motifs is 3. The van der Waals surface area contributed by atoms with Crippen molar-refractivity contribution in [3.63, 3.8) is 0 Å². The van der Waals surface area contributed by atoms with Crippen LogP contribution in [0, 0.1) is 11.3 Å². The summed E-state index contributed by atoms with van der Waals surface area (Å²) in [4.78, 5) is 8.77. The fraction of sp³-hybridized carbons (Fsp3) is 0.125. The average Bonchev–Trinajstić information content (AvgIpc) is 3.24. The molecule has 30 heavy (non-hydrogen) atoms. The summed E-state index contributed by atoms with van der Waals surface area (Å²) in [5.41, 5.74) is 5.91. The molecule has 0 N–H and O–H groups in total. The normalized spacial score (nSPS) is 11.6. The first-order chi connectivity index (χ1) is 14.6. The van der Waals surface area contributed by atoms with Crippen molar-refractivity contribution in [1.82, 2.24) is 25.0 Å². The summed E-state index contributed by atoms with van der Waals surface area (Å²) in [5.74, 6) is 0. The lowest BCUT2D eigenvalue weighted by Gasteiger charge is -2.16. The van der Waals surface area contributed by atoms with Crippen LogP contribution in [0.4, 0.5) is 0 Å². The van der Waals surface area contributed by atoms with Gasteiger partial charge in [-0.15, -0.1) is 5.10 Å². The Morgan fingerprint density at radius 3 is 2.50 bits per heavy atom. The van der Waals surface area contributed by atoms with E-state index in [9.17, 15) is 5.26 Å². The van der Waals surface area contributed by atoms with Crippen molar-refractivity contribution in [2.24, 2.45) is 0 Å². The number of aromatic nitrogens is 5. The monoisotopic (exact) mass is 390 g/mol. The molecular weight excluding hydrogens is 372 g/mol. The molecule has 5 rings (SSSR count). The highest BCUT2D eigenvalue weighted by Gasteiger charge is 2.20. The summed E-state index contributed by atoms with van der Waals surface area (Å²) >= 11 is 0. The van der Waals surface area contributed by atoms with E-state index in [2.05, 4.69) is 32.4 Å². The zero-order valence-electron chi connectivity index (χ0n) is 16.6. The SMILES string of the molecule is CC(C)(C#N)c1ccc(-n2nnc3cnc4ccc(-c5cccnc5)cc4c32)cc1. The van der Waals surface area contributed by atoms with Gasteiger partial charge in [0.1, 0.15) is 11.0 Å². The maximum Gasteiger partial charge on any atom is 0.132 e. The van der Waals surface area contributed by atoms with E-state index in [0.717, 1.165) is 44.3 Å². The summed E-state index contributed by atoms with van der Waals surface area (Å²) in [6, 6.07) is 20.3. The molecule has 2 aromatic carbocycles. The Kier molecular flexibility index (Phi) is 4.04. The standard InChI is InChI=1S/C24H18N6/c1-24(2,15-25)18-6-8-19(9-7-18)30-23-20-12-16(17-4-3-11-26-13-17)5-10-21(20)27-14-22(23)28-29-30/h3-14H,1-2H3. The molecular formula is C24H18N6. The second-order valence-electron chi connectivity index (χ2n) is 7.75. The summed E-state index contributed by atoms with van der Waals surface area (Å²) < 4.78 is 1.83. The minimum Gasteiger partial charge on any atom is -0.264 e. The number of rotatable bonds is 3. The summed E-state index contributed by atoms with van der Waals surface area (Å²) in [6.45, 7) is 3.82. The van der Waals surface area contributed by atoms with Gasteiger partial charge in [0.05, 0.1) is 28.9 Å². The van der Waals surface area contributed by atoms with Crippen molar-refractivity contribution in [1.29, 1.82) is 5.26 Å². The molecule has 0 aliphatic heterocycles. The van der Waals surface area contributed by atoms with Crippen LogP contribution in [-0.4, -0.2) is 25.0 Å². The van der Waals surface area contributed by atoms with Gasteiger partial charge in [-0.25, -0.2) is 4.68 Å². The number of hydrogen-bond acceptors (Lipinski definition) is 5. The largest absolute Gasteiger partial charge is 0.264 e. The Morgan fingerprint density at radius 1 is 0.933 bits per heavy atom. The first-order valence-corrected chi connectivity index (χ1v) is 9.63. The van der Waals surface area contributed by atoms with E-state index in [1.165, 1.54) is 0 Å². The number of pyridine rings is 2. The fourth-order valence-electron chi connectivity index (χ4n) is 3.58. The molecule has 0 spiro atoms. The Balaban J connectivity index is 1.70.